The van der Waals surface area contributed by atoms with Gasteiger partial charge in [-0.05, 0) is 83.1 Å². The molecule has 1 fully saturated rings. The summed E-state index contributed by atoms with van der Waals surface area (Å²) in [6, 6.07) is 10.9. The quantitative estimate of drug-likeness (QED) is 0.395. The summed E-state index contributed by atoms with van der Waals surface area (Å²) < 4.78 is 5.41. The molecule has 4 unspecified atom stereocenters. The minimum atomic E-state index is -1.12. The van der Waals surface area contributed by atoms with Gasteiger partial charge >= 0.3 is 6.09 Å². The lowest BCUT2D eigenvalue weighted by Crippen LogP contribution is -2.53. The normalized spacial score (nSPS) is 17.8. The standard InChI is InChI=1S/C31H42N4O5/c1-18-12-13-19(2)22(16-18)27(28(37)33-23-11-9-8-10-20(23)3)35(25-17-21(25)4)29(38)24(14-15-26(32)36)34-30(39)40-31(5,6)7/h8-13,16,21,24-25,27H,14-15,17H2,1-7H3,(H2,32,36)(H,33,37)(H,34,39). The molecule has 0 aliphatic heterocycles. The molecule has 9 nitrogen and oxygen atoms in total. The monoisotopic (exact) mass is 550 g/mol. The molecule has 3 rings (SSSR count). The van der Waals surface area contributed by atoms with Gasteiger partial charge in [-0.25, -0.2) is 4.79 Å². The summed E-state index contributed by atoms with van der Waals surface area (Å²) in [5, 5.41) is 5.68. The summed E-state index contributed by atoms with van der Waals surface area (Å²) >= 11 is 0. The number of carbonyl (C=O) groups is 4. The van der Waals surface area contributed by atoms with Crippen molar-refractivity contribution in [3.63, 3.8) is 0 Å². The van der Waals surface area contributed by atoms with Crippen LogP contribution in [0.15, 0.2) is 42.5 Å². The molecule has 0 bridgehead atoms. The Kier molecular flexibility index (Phi) is 9.60. The molecular formula is C31H42N4O5. The lowest BCUT2D eigenvalue weighted by atomic mass is 9.95. The Morgan fingerprint density at radius 2 is 1.70 bits per heavy atom. The summed E-state index contributed by atoms with van der Waals surface area (Å²) in [4.78, 5) is 54.5. The molecule has 0 heterocycles. The van der Waals surface area contributed by atoms with Gasteiger partial charge in [0.15, 0.2) is 0 Å². The molecule has 1 aliphatic carbocycles. The molecular weight excluding hydrogens is 508 g/mol. The van der Waals surface area contributed by atoms with E-state index in [1.54, 1.807) is 25.7 Å². The van der Waals surface area contributed by atoms with E-state index in [-0.39, 0.29) is 30.7 Å². The van der Waals surface area contributed by atoms with Gasteiger partial charge < -0.3 is 26.0 Å². The SMILES string of the molecule is Cc1ccc(C)c(C(C(=O)Nc2ccccc2C)N(C(=O)C(CCC(N)=O)NC(=O)OC(C)(C)C)C2CC2C)c1. The van der Waals surface area contributed by atoms with Gasteiger partial charge in [-0.1, -0.05) is 48.9 Å². The van der Waals surface area contributed by atoms with E-state index in [2.05, 4.69) is 10.6 Å². The van der Waals surface area contributed by atoms with Gasteiger partial charge in [0.1, 0.15) is 17.7 Å². The van der Waals surface area contributed by atoms with E-state index in [4.69, 9.17) is 10.5 Å². The number of nitrogens with two attached hydrogens (primary N) is 1. The molecule has 4 amide bonds. The third-order valence-electron chi connectivity index (χ3n) is 7.01. The summed E-state index contributed by atoms with van der Waals surface area (Å²) in [6.45, 7) is 12.9. The number of nitrogens with zero attached hydrogens (tertiary/aromatic N) is 1. The number of nitrogens with one attached hydrogen (secondary N) is 2. The molecule has 4 N–H and O–H groups in total. The Bertz CT molecular complexity index is 1270. The summed E-state index contributed by atoms with van der Waals surface area (Å²) in [7, 11) is 0. The number of hydrogen-bond acceptors (Lipinski definition) is 5. The molecule has 0 radical (unpaired) electrons. The molecule has 1 aliphatic rings. The first-order valence-electron chi connectivity index (χ1n) is 13.7. The van der Waals surface area contributed by atoms with Crippen LogP contribution in [0.25, 0.3) is 0 Å². The predicted octanol–water partition coefficient (Wildman–Crippen LogP) is 4.69. The van der Waals surface area contributed by atoms with Crippen LogP contribution in [-0.4, -0.2) is 46.4 Å². The second-order valence-electron chi connectivity index (χ2n) is 11.8. The Morgan fingerprint density at radius 3 is 2.27 bits per heavy atom. The number of hydrogen-bond donors (Lipinski definition) is 3. The lowest BCUT2D eigenvalue weighted by Gasteiger charge is -2.36. The maximum Gasteiger partial charge on any atom is 0.408 e. The molecule has 2 aromatic carbocycles. The zero-order valence-corrected chi connectivity index (χ0v) is 24.5. The van der Waals surface area contributed by atoms with Crippen LogP contribution in [0.2, 0.25) is 0 Å². The minimum Gasteiger partial charge on any atom is -0.444 e. The molecule has 4 atom stereocenters. The highest BCUT2D eigenvalue weighted by Crippen LogP contribution is 2.42. The summed E-state index contributed by atoms with van der Waals surface area (Å²) in [5.41, 5.74) is 8.66. The Morgan fingerprint density at radius 1 is 1.05 bits per heavy atom. The van der Waals surface area contributed by atoms with Crippen LogP contribution in [0.5, 0.6) is 0 Å². The third-order valence-corrected chi connectivity index (χ3v) is 7.01. The molecule has 0 saturated heterocycles. The fraction of sp³-hybridized carbons (Fsp3) is 0.484. The van der Waals surface area contributed by atoms with Crippen LogP contribution in [0, 0.1) is 26.7 Å². The van der Waals surface area contributed by atoms with Crippen molar-refractivity contribution in [3.8, 4) is 0 Å². The Labute approximate surface area is 236 Å². The highest BCUT2D eigenvalue weighted by Gasteiger charge is 2.48. The van der Waals surface area contributed by atoms with Gasteiger partial charge in [0, 0.05) is 18.2 Å². The van der Waals surface area contributed by atoms with Crippen molar-refractivity contribution in [2.75, 3.05) is 5.32 Å². The first-order valence-corrected chi connectivity index (χ1v) is 13.7. The minimum absolute atomic E-state index is 0.0239. The molecule has 2 aromatic rings. The highest BCUT2D eigenvalue weighted by molar-refractivity contribution is 6.00. The van der Waals surface area contributed by atoms with Crippen LogP contribution >= 0.6 is 0 Å². The van der Waals surface area contributed by atoms with Crippen molar-refractivity contribution in [3.05, 3.63) is 64.7 Å². The Hall–Kier alpha value is -3.88. The smallest absolute Gasteiger partial charge is 0.408 e. The first kappa shape index (κ1) is 30.7. The number of ether oxygens (including phenoxy) is 1. The molecule has 0 aromatic heterocycles. The maximum atomic E-state index is 14.3. The van der Waals surface area contributed by atoms with E-state index in [1.807, 2.05) is 70.2 Å². The van der Waals surface area contributed by atoms with E-state index in [1.165, 1.54) is 0 Å². The van der Waals surface area contributed by atoms with Gasteiger partial charge in [-0.3, -0.25) is 14.4 Å². The number of rotatable bonds is 10. The number of carbonyl (C=O) groups excluding carboxylic acids is 4. The average Bonchev–Trinajstić information content (AvgIpc) is 3.57. The van der Waals surface area contributed by atoms with Crippen molar-refractivity contribution < 1.29 is 23.9 Å². The lowest BCUT2D eigenvalue weighted by molar-refractivity contribution is -0.142. The second-order valence-corrected chi connectivity index (χ2v) is 11.8. The molecule has 216 valence electrons. The summed E-state index contributed by atoms with van der Waals surface area (Å²) in [5.74, 6) is -1.27. The van der Waals surface area contributed by atoms with Crippen molar-refractivity contribution in [1.82, 2.24) is 10.2 Å². The zero-order chi connectivity index (χ0) is 29.8. The number of alkyl carbamates (subject to hydrolysis) is 1. The van der Waals surface area contributed by atoms with Crippen molar-refractivity contribution in [1.29, 1.82) is 0 Å². The highest BCUT2D eigenvalue weighted by atomic mass is 16.6. The van der Waals surface area contributed by atoms with Gasteiger partial charge in [0.25, 0.3) is 5.91 Å². The van der Waals surface area contributed by atoms with Crippen LogP contribution in [0.1, 0.15) is 75.3 Å². The molecule has 40 heavy (non-hydrogen) atoms. The Balaban J connectivity index is 2.08. The molecule has 9 heteroatoms. The predicted molar refractivity (Wildman–Crippen MR) is 154 cm³/mol. The number of primary amides is 1. The van der Waals surface area contributed by atoms with Gasteiger partial charge in [0.05, 0.1) is 0 Å². The van der Waals surface area contributed by atoms with Gasteiger partial charge in [0.2, 0.25) is 11.8 Å². The molecule has 1 saturated carbocycles. The van der Waals surface area contributed by atoms with E-state index in [9.17, 15) is 19.2 Å². The fourth-order valence-corrected chi connectivity index (χ4v) is 4.73. The third kappa shape index (κ3) is 8.07. The number of benzene rings is 2. The first-order chi connectivity index (χ1) is 18.7. The van der Waals surface area contributed by atoms with Gasteiger partial charge in [-0.2, -0.15) is 0 Å². The van der Waals surface area contributed by atoms with Crippen LogP contribution in [-0.2, 0) is 19.1 Å². The average molecular weight is 551 g/mol. The van der Waals surface area contributed by atoms with Crippen LogP contribution in [0.3, 0.4) is 0 Å². The van der Waals surface area contributed by atoms with E-state index in [0.717, 1.165) is 16.7 Å². The molecule has 0 spiro atoms. The van der Waals surface area contributed by atoms with Crippen LogP contribution < -0.4 is 16.4 Å². The maximum absolute atomic E-state index is 14.3. The van der Waals surface area contributed by atoms with Crippen molar-refractivity contribution >= 4 is 29.5 Å². The van der Waals surface area contributed by atoms with Crippen LogP contribution in [0.4, 0.5) is 10.5 Å². The number of para-hydroxylation sites is 1. The largest absolute Gasteiger partial charge is 0.444 e. The van der Waals surface area contributed by atoms with Crippen molar-refractivity contribution in [2.24, 2.45) is 11.7 Å². The number of amides is 4. The topological polar surface area (TPSA) is 131 Å². The zero-order valence-electron chi connectivity index (χ0n) is 24.5. The number of aryl methyl sites for hydroxylation is 3. The van der Waals surface area contributed by atoms with E-state index < -0.39 is 35.6 Å². The summed E-state index contributed by atoms with van der Waals surface area (Å²) in [6.07, 6.45) is -0.222. The second kappa shape index (κ2) is 12.5. The van der Waals surface area contributed by atoms with Gasteiger partial charge in [-0.15, -0.1) is 0 Å². The van der Waals surface area contributed by atoms with E-state index >= 15 is 0 Å². The van der Waals surface area contributed by atoms with Crippen molar-refractivity contribution in [2.45, 2.75) is 91.5 Å². The fourth-order valence-electron chi connectivity index (χ4n) is 4.73. The number of anilines is 1. The van der Waals surface area contributed by atoms with E-state index in [0.29, 0.717) is 17.7 Å².